The molecule has 0 amide bonds. The molecule has 0 bridgehead atoms. The number of rotatable bonds is 8. The van der Waals surface area contributed by atoms with Gasteiger partial charge in [0.05, 0.1) is 37.5 Å². The Labute approximate surface area is 202 Å². The zero-order chi connectivity index (χ0) is 24.2. The van der Waals surface area contributed by atoms with Gasteiger partial charge in [-0.1, -0.05) is 0 Å². The van der Waals surface area contributed by atoms with Gasteiger partial charge in [-0.2, -0.15) is 5.10 Å². The maximum atomic E-state index is 11.0. The Morgan fingerprint density at radius 2 is 2.06 bits per heavy atom. The van der Waals surface area contributed by atoms with E-state index in [1.807, 2.05) is 18.2 Å². The highest BCUT2D eigenvalue weighted by Crippen LogP contribution is 2.34. The lowest BCUT2D eigenvalue weighted by Gasteiger charge is -2.15. The SMILES string of the molecule is COc1ncc(-c2cc(-c3nnc(CN4CCCOCC4)o3)c3cn[nH]c3c2)cc1CN[SH](=O)=O. The van der Waals surface area contributed by atoms with Crippen LogP contribution in [-0.4, -0.2) is 72.1 Å². The van der Waals surface area contributed by atoms with Crippen molar-refractivity contribution < 1.29 is 22.3 Å². The average Bonchev–Trinajstić information content (AvgIpc) is 3.46. The lowest BCUT2D eigenvalue weighted by molar-refractivity contribution is 0.138. The van der Waals surface area contributed by atoms with Crippen LogP contribution >= 0.6 is 0 Å². The molecule has 0 atom stereocenters. The first kappa shape index (κ1) is 23.4. The molecule has 0 aliphatic carbocycles. The normalized spacial score (nSPS) is 15.0. The number of thiol groups is 1. The summed E-state index contributed by atoms with van der Waals surface area (Å²) < 4.78 is 41.3. The van der Waals surface area contributed by atoms with Gasteiger partial charge in [0.15, 0.2) is 0 Å². The Morgan fingerprint density at radius 3 is 2.91 bits per heavy atom. The lowest BCUT2D eigenvalue weighted by Crippen LogP contribution is -2.25. The second kappa shape index (κ2) is 10.5. The van der Waals surface area contributed by atoms with E-state index in [4.69, 9.17) is 13.9 Å². The molecule has 0 unspecified atom stereocenters. The van der Waals surface area contributed by atoms with Crippen molar-refractivity contribution in [3.63, 3.8) is 0 Å². The molecule has 0 radical (unpaired) electrons. The summed E-state index contributed by atoms with van der Waals surface area (Å²) in [5.41, 5.74) is 3.73. The zero-order valence-corrected chi connectivity index (χ0v) is 20.0. The van der Waals surface area contributed by atoms with Gasteiger partial charge in [0.1, 0.15) is 0 Å². The molecule has 1 aliphatic rings. The number of benzene rings is 1. The third-order valence-corrected chi connectivity index (χ3v) is 6.20. The van der Waals surface area contributed by atoms with Crippen molar-refractivity contribution in [2.24, 2.45) is 0 Å². The molecule has 13 heteroatoms. The molecular formula is C22H25N7O5S. The summed E-state index contributed by atoms with van der Waals surface area (Å²) in [6, 6.07) is 5.71. The maximum absolute atomic E-state index is 11.0. The van der Waals surface area contributed by atoms with Gasteiger partial charge in [0.25, 0.3) is 0 Å². The summed E-state index contributed by atoms with van der Waals surface area (Å²) in [4.78, 5) is 6.58. The van der Waals surface area contributed by atoms with E-state index in [0.717, 1.165) is 53.7 Å². The fraction of sp³-hybridized carbons (Fsp3) is 0.364. The molecule has 35 heavy (non-hydrogen) atoms. The zero-order valence-electron chi connectivity index (χ0n) is 19.1. The largest absolute Gasteiger partial charge is 0.481 e. The molecule has 4 heterocycles. The van der Waals surface area contributed by atoms with Crippen molar-refractivity contribution in [1.82, 2.24) is 35.0 Å². The van der Waals surface area contributed by atoms with Crippen LogP contribution < -0.4 is 9.46 Å². The first-order valence-corrected chi connectivity index (χ1v) is 12.3. The van der Waals surface area contributed by atoms with Gasteiger partial charge in [-0.15, -0.1) is 10.2 Å². The number of ether oxygens (including phenoxy) is 2. The van der Waals surface area contributed by atoms with Crippen LogP contribution in [0.4, 0.5) is 0 Å². The van der Waals surface area contributed by atoms with Crippen molar-refractivity contribution in [2.45, 2.75) is 19.5 Å². The maximum Gasteiger partial charge on any atom is 0.248 e. The van der Waals surface area contributed by atoms with Crippen LogP contribution in [0.3, 0.4) is 0 Å². The summed E-state index contributed by atoms with van der Waals surface area (Å²) in [5.74, 6) is 1.28. The van der Waals surface area contributed by atoms with Gasteiger partial charge >= 0.3 is 0 Å². The Kier molecular flexibility index (Phi) is 6.99. The molecule has 12 nitrogen and oxygen atoms in total. The second-order valence-electron chi connectivity index (χ2n) is 8.08. The monoisotopic (exact) mass is 499 g/mol. The first-order chi connectivity index (χ1) is 17.1. The molecule has 3 aromatic heterocycles. The Hall–Kier alpha value is -3.39. The van der Waals surface area contributed by atoms with Gasteiger partial charge in [0, 0.05) is 49.0 Å². The van der Waals surface area contributed by atoms with Crippen LogP contribution in [-0.2, 0) is 28.7 Å². The minimum absolute atomic E-state index is 0.0659. The van der Waals surface area contributed by atoms with Gasteiger partial charge < -0.3 is 13.9 Å². The minimum atomic E-state index is -2.75. The van der Waals surface area contributed by atoms with Gasteiger partial charge in [0.2, 0.25) is 28.6 Å². The smallest absolute Gasteiger partial charge is 0.248 e. The molecule has 1 fully saturated rings. The number of hydrogen-bond donors (Lipinski definition) is 3. The number of nitrogens with zero attached hydrogens (tertiary/aromatic N) is 5. The summed E-state index contributed by atoms with van der Waals surface area (Å²) in [7, 11) is -1.26. The van der Waals surface area contributed by atoms with E-state index < -0.39 is 10.9 Å². The van der Waals surface area contributed by atoms with Crippen LogP contribution in [0.25, 0.3) is 33.5 Å². The number of pyridine rings is 1. The molecule has 1 aliphatic heterocycles. The third-order valence-electron chi connectivity index (χ3n) is 5.78. The standard InChI is InChI=1S/C22H25N7O5S/c1-32-21-16(11-25-35(30)31)7-15(10-23-21)14-8-17(18-12-24-26-19(18)9-14)22-28-27-20(34-22)13-29-3-2-5-33-6-4-29/h7-10,12,35H,2-6,11,13H2,1H3,(H,24,26)(H,25,30,31). The molecule has 2 N–H and O–H groups in total. The van der Waals surface area contributed by atoms with Crippen LogP contribution in [0.1, 0.15) is 17.9 Å². The molecule has 184 valence electrons. The quantitative estimate of drug-likeness (QED) is 0.305. The fourth-order valence-electron chi connectivity index (χ4n) is 4.08. The highest BCUT2D eigenvalue weighted by Gasteiger charge is 2.18. The Balaban J connectivity index is 1.48. The summed E-state index contributed by atoms with van der Waals surface area (Å²) in [6.45, 7) is 3.83. The van der Waals surface area contributed by atoms with Crippen molar-refractivity contribution >= 4 is 21.8 Å². The number of fused-ring (bicyclic) bond motifs is 1. The topological polar surface area (TPSA) is 148 Å². The number of hydrogen-bond acceptors (Lipinski definition) is 10. The number of aromatic nitrogens is 5. The molecule has 1 aromatic carbocycles. The van der Waals surface area contributed by atoms with E-state index in [2.05, 4.69) is 35.0 Å². The van der Waals surface area contributed by atoms with E-state index in [1.165, 1.54) is 7.11 Å². The average molecular weight is 500 g/mol. The lowest BCUT2D eigenvalue weighted by atomic mass is 10.0. The molecule has 0 saturated carbocycles. The molecular weight excluding hydrogens is 474 g/mol. The number of nitrogens with one attached hydrogen (secondary N) is 2. The molecule has 4 aromatic rings. The van der Waals surface area contributed by atoms with E-state index in [1.54, 1.807) is 12.4 Å². The molecule has 0 spiro atoms. The highest BCUT2D eigenvalue weighted by atomic mass is 32.2. The summed E-state index contributed by atoms with van der Waals surface area (Å²) in [5, 5.41) is 16.6. The Bertz CT molecular complexity index is 1380. The first-order valence-electron chi connectivity index (χ1n) is 11.1. The summed E-state index contributed by atoms with van der Waals surface area (Å²) >= 11 is 0. The predicted molar refractivity (Wildman–Crippen MR) is 127 cm³/mol. The predicted octanol–water partition coefficient (Wildman–Crippen LogP) is 1.52. The van der Waals surface area contributed by atoms with Gasteiger partial charge in [-0.3, -0.25) is 10.00 Å². The summed E-state index contributed by atoms with van der Waals surface area (Å²) in [6.07, 6.45) is 4.36. The van der Waals surface area contributed by atoms with Gasteiger partial charge in [-0.25, -0.2) is 18.1 Å². The van der Waals surface area contributed by atoms with E-state index >= 15 is 0 Å². The van der Waals surface area contributed by atoms with Crippen LogP contribution in [0.2, 0.25) is 0 Å². The van der Waals surface area contributed by atoms with Gasteiger partial charge in [-0.05, 0) is 30.2 Å². The third kappa shape index (κ3) is 5.32. The van der Waals surface area contributed by atoms with Crippen molar-refractivity contribution in [3.05, 3.63) is 42.0 Å². The Morgan fingerprint density at radius 1 is 1.14 bits per heavy atom. The van der Waals surface area contributed by atoms with Crippen molar-refractivity contribution in [3.8, 4) is 28.5 Å². The number of methoxy groups -OCH3 is 1. The number of aromatic amines is 1. The van der Waals surface area contributed by atoms with E-state index in [0.29, 0.717) is 36.4 Å². The highest BCUT2D eigenvalue weighted by molar-refractivity contribution is 7.70. The van der Waals surface area contributed by atoms with Crippen LogP contribution in [0.15, 0.2) is 35.0 Å². The van der Waals surface area contributed by atoms with Crippen molar-refractivity contribution in [1.29, 1.82) is 0 Å². The van der Waals surface area contributed by atoms with Crippen molar-refractivity contribution in [2.75, 3.05) is 33.4 Å². The second-order valence-corrected chi connectivity index (χ2v) is 8.91. The molecule has 5 rings (SSSR count). The van der Waals surface area contributed by atoms with E-state index in [-0.39, 0.29) is 6.54 Å². The minimum Gasteiger partial charge on any atom is -0.481 e. The van der Waals surface area contributed by atoms with Crippen LogP contribution in [0, 0.1) is 0 Å². The van der Waals surface area contributed by atoms with E-state index in [9.17, 15) is 8.42 Å². The fourth-order valence-corrected chi connectivity index (χ4v) is 4.38. The van der Waals surface area contributed by atoms with Crippen LogP contribution in [0.5, 0.6) is 5.88 Å². The molecule has 1 saturated heterocycles. The number of H-pyrrole nitrogens is 1.